The number of halogens is 1. The van der Waals surface area contributed by atoms with Gasteiger partial charge in [-0.1, -0.05) is 15.9 Å². The van der Waals surface area contributed by atoms with Crippen molar-refractivity contribution in [2.24, 2.45) is 5.92 Å². The van der Waals surface area contributed by atoms with Gasteiger partial charge in [0.25, 0.3) is 0 Å². The van der Waals surface area contributed by atoms with Crippen LogP contribution in [-0.4, -0.2) is 10.9 Å². The lowest BCUT2D eigenvalue weighted by molar-refractivity contribution is 0.0964. The number of aromatic hydroxyl groups is 1. The second-order valence-corrected chi connectivity index (χ2v) is 5.34. The molecule has 0 radical (unpaired) electrons. The molecule has 0 aliphatic heterocycles. The van der Waals surface area contributed by atoms with Gasteiger partial charge in [-0.15, -0.1) is 0 Å². The molecule has 86 valence electrons. The second kappa shape index (κ2) is 3.88. The Kier molecular flexibility index (Phi) is 2.82. The summed E-state index contributed by atoms with van der Waals surface area (Å²) in [5, 5.41) is 10.1. The molecule has 3 heteroatoms. The van der Waals surface area contributed by atoms with Gasteiger partial charge in [0.2, 0.25) is 0 Å². The van der Waals surface area contributed by atoms with E-state index in [-0.39, 0.29) is 17.5 Å². The minimum absolute atomic E-state index is 0.0961. The van der Waals surface area contributed by atoms with E-state index < -0.39 is 0 Å². The van der Waals surface area contributed by atoms with Gasteiger partial charge in [-0.3, -0.25) is 4.79 Å². The first-order valence-electron chi connectivity index (χ1n) is 5.47. The van der Waals surface area contributed by atoms with Gasteiger partial charge in [0, 0.05) is 10.4 Å². The largest absolute Gasteiger partial charge is 0.507 e. The summed E-state index contributed by atoms with van der Waals surface area (Å²) in [5.74, 6) is 0.396. The van der Waals surface area contributed by atoms with Gasteiger partial charge >= 0.3 is 0 Å². The number of hydrogen-bond acceptors (Lipinski definition) is 2. The molecule has 1 fully saturated rings. The molecule has 0 spiro atoms. The summed E-state index contributed by atoms with van der Waals surface area (Å²) in [6, 6.07) is 0. The maximum Gasteiger partial charge on any atom is 0.169 e. The fourth-order valence-corrected chi connectivity index (χ4v) is 2.45. The molecule has 1 aliphatic rings. The summed E-state index contributed by atoms with van der Waals surface area (Å²) in [6.45, 7) is 5.67. The second-order valence-electron chi connectivity index (χ2n) is 4.55. The van der Waals surface area contributed by atoms with E-state index >= 15 is 0 Å². The molecule has 0 saturated heterocycles. The van der Waals surface area contributed by atoms with E-state index in [1.54, 1.807) is 0 Å². The Hall–Kier alpha value is -0.830. The molecule has 1 aromatic rings. The predicted octanol–water partition coefficient (Wildman–Crippen LogP) is 3.67. The Bertz CT molecular complexity index is 444. The summed E-state index contributed by atoms with van der Waals surface area (Å²) in [7, 11) is 0. The van der Waals surface area contributed by atoms with Gasteiger partial charge in [0.05, 0.1) is 5.56 Å². The smallest absolute Gasteiger partial charge is 0.169 e. The van der Waals surface area contributed by atoms with E-state index in [0.29, 0.717) is 5.56 Å². The van der Waals surface area contributed by atoms with Crippen LogP contribution in [0.5, 0.6) is 5.75 Å². The van der Waals surface area contributed by atoms with E-state index in [1.165, 1.54) is 0 Å². The molecule has 16 heavy (non-hydrogen) atoms. The Balaban J connectivity index is 2.64. The van der Waals surface area contributed by atoms with Crippen LogP contribution in [0, 0.1) is 26.7 Å². The lowest BCUT2D eigenvalue weighted by atomic mass is 9.94. The number of ketones is 1. The lowest BCUT2D eigenvalue weighted by Crippen LogP contribution is -2.07. The van der Waals surface area contributed by atoms with Gasteiger partial charge in [-0.2, -0.15) is 0 Å². The standard InChI is InChI=1S/C13H15BrO2/c1-6-7(2)12(15)10(8(3)11(6)14)13(16)9-4-5-9/h9,15H,4-5H2,1-3H3. The molecule has 1 N–H and O–H groups in total. The first-order chi connectivity index (χ1) is 7.45. The summed E-state index contributed by atoms with van der Waals surface area (Å²) in [5.41, 5.74) is 3.17. The molecule has 0 amide bonds. The van der Waals surface area contributed by atoms with Gasteiger partial charge in [0.1, 0.15) is 5.75 Å². The first-order valence-corrected chi connectivity index (χ1v) is 6.26. The average Bonchev–Trinajstić information content (AvgIpc) is 3.07. The quantitative estimate of drug-likeness (QED) is 0.841. The summed E-state index contributed by atoms with van der Waals surface area (Å²) >= 11 is 3.49. The molecule has 1 aromatic carbocycles. The molecule has 1 saturated carbocycles. The zero-order valence-electron chi connectivity index (χ0n) is 9.72. The van der Waals surface area contributed by atoms with Crippen molar-refractivity contribution >= 4 is 21.7 Å². The summed E-state index contributed by atoms with van der Waals surface area (Å²) in [6.07, 6.45) is 1.92. The molecule has 0 unspecified atom stereocenters. The maximum atomic E-state index is 12.1. The number of carbonyl (C=O) groups is 1. The molecule has 0 aromatic heterocycles. The van der Waals surface area contributed by atoms with Gasteiger partial charge < -0.3 is 5.11 Å². The first kappa shape index (κ1) is 11.6. The van der Waals surface area contributed by atoms with Crippen LogP contribution in [-0.2, 0) is 0 Å². The molecule has 2 rings (SSSR count). The highest BCUT2D eigenvalue weighted by atomic mass is 79.9. The molecule has 0 bridgehead atoms. The number of hydrogen-bond donors (Lipinski definition) is 1. The maximum absolute atomic E-state index is 12.1. The van der Waals surface area contributed by atoms with Gasteiger partial charge in [-0.05, 0) is 50.3 Å². The molecular formula is C13H15BrO2. The zero-order chi connectivity index (χ0) is 12.0. The number of Topliss-reactive ketones (excluding diaryl/α,β-unsaturated/α-hetero) is 1. The van der Waals surface area contributed by atoms with Crippen LogP contribution in [0.2, 0.25) is 0 Å². The Labute approximate surface area is 104 Å². The number of phenolic OH excluding ortho intramolecular Hbond substituents is 1. The summed E-state index contributed by atoms with van der Waals surface area (Å²) in [4.78, 5) is 12.1. The predicted molar refractivity (Wildman–Crippen MR) is 67.1 cm³/mol. The van der Waals surface area contributed by atoms with E-state index in [1.807, 2.05) is 20.8 Å². The number of benzene rings is 1. The van der Waals surface area contributed by atoms with Crippen molar-refractivity contribution in [3.05, 3.63) is 26.7 Å². The van der Waals surface area contributed by atoms with Crippen molar-refractivity contribution in [1.29, 1.82) is 0 Å². The van der Waals surface area contributed by atoms with Crippen LogP contribution in [0.25, 0.3) is 0 Å². The topological polar surface area (TPSA) is 37.3 Å². The van der Waals surface area contributed by atoms with Crippen LogP contribution in [0.4, 0.5) is 0 Å². The zero-order valence-corrected chi connectivity index (χ0v) is 11.3. The van der Waals surface area contributed by atoms with Crippen LogP contribution in [0.15, 0.2) is 4.47 Å². The van der Waals surface area contributed by atoms with Crippen LogP contribution >= 0.6 is 15.9 Å². The molecule has 2 nitrogen and oxygen atoms in total. The van der Waals surface area contributed by atoms with E-state index in [4.69, 9.17) is 0 Å². The minimum Gasteiger partial charge on any atom is -0.507 e. The normalized spacial score (nSPS) is 15.2. The SMILES string of the molecule is Cc1c(C)c(Br)c(C)c(C(=O)C2CC2)c1O. The van der Waals surface area contributed by atoms with Crippen molar-refractivity contribution in [2.75, 3.05) is 0 Å². The Morgan fingerprint density at radius 3 is 2.25 bits per heavy atom. The van der Waals surface area contributed by atoms with Crippen molar-refractivity contribution in [3.63, 3.8) is 0 Å². The van der Waals surface area contributed by atoms with Crippen LogP contribution in [0.1, 0.15) is 39.9 Å². The number of rotatable bonds is 2. The third kappa shape index (κ3) is 1.67. The molecule has 1 aliphatic carbocycles. The van der Waals surface area contributed by atoms with Crippen LogP contribution < -0.4 is 0 Å². The van der Waals surface area contributed by atoms with E-state index in [2.05, 4.69) is 15.9 Å². The number of carbonyl (C=O) groups excluding carboxylic acids is 1. The minimum atomic E-state index is 0.0961. The Morgan fingerprint density at radius 1 is 1.19 bits per heavy atom. The Morgan fingerprint density at radius 2 is 1.75 bits per heavy atom. The van der Waals surface area contributed by atoms with E-state index in [0.717, 1.165) is 34.0 Å². The molecule has 0 heterocycles. The summed E-state index contributed by atoms with van der Waals surface area (Å²) < 4.78 is 0.937. The number of phenols is 1. The molecule has 0 atom stereocenters. The van der Waals surface area contributed by atoms with Crippen molar-refractivity contribution in [1.82, 2.24) is 0 Å². The van der Waals surface area contributed by atoms with Gasteiger partial charge in [-0.25, -0.2) is 0 Å². The highest BCUT2D eigenvalue weighted by molar-refractivity contribution is 9.10. The van der Waals surface area contributed by atoms with E-state index in [9.17, 15) is 9.90 Å². The third-order valence-electron chi connectivity index (χ3n) is 3.38. The highest BCUT2D eigenvalue weighted by Crippen LogP contribution is 2.40. The average molecular weight is 283 g/mol. The van der Waals surface area contributed by atoms with Crippen LogP contribution in [0.3, 0.4) is 0 Å². The monoisotopic (exact) mass is 282 g/mol. The lowest BCUT2D eigenvalue weighted by Gasteiger charge is -2.15. The van der Waals surface area contributed by atoms with Crippen molar-refractivity contribution in [3.8, 4) is 5.75 Å². The van der Waals surface area contributed by atoms with Crippen molar-refractivity contribution < 1.29 is 9.90 Å². The van der Waals surface area contributed by atoms with Gasteiger partial charge in [0.15, 0.2) is 5.78 Å². The fourth-order valence-electron chi connectivity index (χ4n) is 1.95. The third-order valence-corrected chi connectivity index (χ3v) is 4.57. The fraction of sp³-hybridized carbons (Fsp3) is 0.462. The highest BCUT2D eigenvalue weighted by Gasteiger charge is 2.34. The molecular weight excluding hydrogens is 268 g/mol. The van der Waals surface area contributed by atoms with Crippen molar-refractivity contribution in [2.45, 2.75) is 33.6 Å².